The van der Waals surface area contributed by atoms with E-state index in [1.165, 1.54) is 12.8 Å². The largest absolute Gasteiger partial charge is 0.390 e. The second-order valence-corrected chi connectivity index (χ2v) is 8.58. The molecule has 0 aliphatic carbocycles. The molecule has 4 rings (SSSR count). The highest BCUT2D eigenvalue weighted by atomic mass is 16.3. The van der Waals surface area contributed by atoms with Crippen molar-refractivity contribution in [3.8, 4) is 11.5 Å². The Morgan fingerprint density at radius 3 is 2.90 bits per heavy atom. The molecule has 0 saturated carbocycles. The summed E-state index contributed by atoms with van der Waals surface area (Å²) in [5.74, 6) is 2.43. The van der Waals surface area contributed by atoms with E-state index in [1.807, 2.05) is 35.3 Å². The summed E-state index contributed by atoms with van der Waals surface area (Å²) in [6, 6.07) is 1.96. The van der Waals surface area contributed by atoms with E-state index >= 15 is 0 Å². The molecule has 162 valence electrons. The topological polar surface area (TPSA) is 83.5 Å². The van der Waals surface area contributed by atoms with Gasteiger partial charge in [0.1, 0.15) is 11.5 Å². The molecule has 30 heavy (non-hydrogen) atoms. The minimum atomic E-state index is -0.437. The Morgan fingerprint density at radius 2 is 2.20 bits per heavy atom. The summed E-state index contributed by atoms with van der Waals surface area (Å²) in [5, 5.41) is 18.9. The maximum Gasteiger partial charge on any atom is 0.160 e. The van der Waals surface area contributed by atoms with Gasteiger partial charge in [-0.2, -0.15) is 9.61 Å². The molecule has 0 amide bonds. The predicted molar refractivity (Wildman–Crippen MR) is 119 cm³/mol. The van der Waals surface area contributed by atoms with Crippen LogP contribution in [0.25, 0.3) is 17.2 Å². The van der Waals surface area contributed by atoms with Crippen molar-refractivity contribution in [2.24, 2.45) is 13.0 Å². The normalized spacial score (nSPS) is 18.8. The van der Waals surface area contributed by atoms with Crippen LogP contribution in [0.3, 0.4) is 0 Å². The van der Waals surface area contributed by atoms with Crippen molar-refractivity contribution in [2.45, 2.75) is 46.1 Å². The molecule has 8 nitrogen and oxygen atoms in total. The number of imidazole rings is 1. The number of hydrogen-bond acceptors (Lipinski definition) is 6. The van der Waals surface area contributed by atoms with Crippen LogP contribution in [-0.4, -0.2) is 66.4 Å². The standard InChI is InChI=1S/C22H33N7O/c1-5-18-16(3)25-20-11-19(22-23-8-10-27(22)4)26-29(20)21(18)24-12-17(30)14-28-9-6-7-15(2)13-28/h8,10-11,15,17,24,30H,5-7,9,12-14H2,1-4H3. The highest BCUT2D eigenvalue weighted by Crippen LogP contribution is 2.25. The molecule has 0 aromatic carbocycles. The van der Waals surface area contributed by atoms with Gasteiger partial charge >= 0.3 is 0 Å². The summed E-state index contributed by atoms with van der Waals surface area (Å²) in [6.45, 7) is 9.77. The minimum absolute atomic E-state index is 0.437. The molecule has 1 fully saturated rings. The first kappa shape index (κ1) is 20.8. The molecule has 2 unspecified atom stereocenters. The fourth-order valence-electron chi connectivity index (χ4n) is 4.51. The third kappa shape index (κ3) is 4.20. The van der Waals surface area contributed by atoms with Gasteiger partial charge in [0.25, 0.3) is 0 Å². The van der Waals surface area contributed by atoms with Gasteiger partial charge in [0.2, 0.25) is 0 Å². The fourth-order valence-corrected chi connectivity index (χ4v) is 4.51. The zero-order valence-corrected chi connectivity index (χ0v) is 18.5. The number of fused-ring (bicyclic) bond motifs is 1. The lowest BCUT2D eigenvalue weighted by molar-refractivity contribution is 0.0947. The molecule has 0 radical (unpaired) electrons. The molecule has 1 aliphatic heterocycles. The van der Waals surface area contributed by atoms with Crippen molar-refractivity contribution >= 4 is 11.5 Å². The van der Waals surface area contributed by atoms with Crippen LogP contribution >= 0.6 is 0 Å². The Hall–Kier alpha value is -2.45. The van der Waals surface area contributed by atoms with Gasteiger partial charge in [-0.15, -0.1) is 0 Å². The highest BCUT2D eigenvalue weighted by molar-refractivity contribution is 5.63. The lowest BCUT2D eigenvalue weighted by Crippen LogP contribution is -2.41. The molecule has 0 spiro atoms. The van der Waals surface area contributed by atoms with Crippen molar-refractivity contribution < 1.29 is 5.11 Å². The van der Waals surface area contributed by atoms with Crippen molar-refractivity contribution in [1.29, 1.82) is 0 Å². The Kier molecular flexibility index (Phi) is 6.06. The van der Waals surface area contributed by atoms with E-state index in [-0.39, 0.29) is 0 Å². The lowest BCUT2D eigenvalue weighted by atomic mass is 10.00. The number of β-amino-alcohol motifs (C(OH)–C–C–N with tert-alkyl or cyclic N) is 1. The van der Waals surface area contributed by atoms with Gasteiger partial charge in [-0.25, -0.2) is 9.97 Å². The summed E-state index contributed by atoms with van der Waals surface area (Å²) < 4.78 is 3.80. The number of aromatic nitrogens is 5. The van der Waals surface area contributed by atoms with Crippen molar-refractivity contribution in [3.05, 3.63) is 29.7 Å². The molecule has 8 heteroatoms. The van der Waals surface area contributed by atoms with E-state index in [9.17, 15) is 5.11 Å². The summed E-state index contributed by atoms with van der Waals surface area (Å²) in [5.41, 5.74) is 3.67. The van der Waals surface area contributed by atoms with Crippen molar-refractivity contribution in [2.75, 3.05) is 31.5 Å². The Morgan fingerprint density at radius 1 is 1.37 bits per heavy atom. The van der Waals surface area contributed by atoms with Crippen molar-refractivity contribution in [1.82, 2.24) is 29.0 Å². The molecule has 3 aromatic rings. The number of aryl methyl sites for hydroxylation is 2. The van der Waals surface area contributed by atoms with Crippen LogP contribution in [-0.2, 0) is 13.5 Å². The van der Waals surface area contributed by atoms with Crippen LogP contribution in [0, 0.1) is 12.8 Å². The van der Waals surface area contributed by atoms with Gasteiger partial charge in [-0.1, -0.05) is 13.8 Å². The predicted octanol–water partition coefficient (Wildman–Crippen LogP) is 2.51. The average molecular weight is 412 g/mol. The summed E-state index contributed by atoms with van der Waals surface area (Å²) >= 11 is 0. The number of aliphatic hydroxyl groups is 1. The number of likely N-dealkylation sites (tertiary alicyclic amines) is 1. The number of piperidine rings is 1. The zero-order chi connectivity index (χ0) is 21.3. The van der Waals surface area contributed by atoms with Crippen LogP contribution < -0.4 is 5.32 Å². The molecular weight excluding hydrogens is 378 g/mol. The molecule has 2 N–H and O–H groups in total. The Bertz CT molecular complexity index is 1010. The van der Waals surface area contributed by atoms with Gasteiger partial charge in [0.05, 0.1) is 6.10 Å². The quantitative estimate of drug-likeness (QED) is 0.622. The molecule has 1 aliphatic rings. The number of rotatable bonds is 7. The van der Waals surface area contributed by atoms with E-state index in [1.54, 1.807) is 6.20 Å². The number of hydrogen-bond donors (Lipinski definition) is 2. The monoisotopic (exact) mass is 411 g/mol. The van der Waals surface area contributed by atoms with E-state index < -0.39 is 6.10 Å². The van der Waals surface area contributed by atoms with Gasteiger partial charge < -0.3 is 19.9 Å². The second-order valence-electron chi connectivity index (χ2n) is 8.58. The number of anilines is 1. The van der Waals surface area contributed by atoms with Gasteiger partial charge in [0.15, 0.2) is 11.5 Å². The first-order valence-electron chi connectivity index (χ1n) is 11.0. The summed E-state index contributed by atoms with van der Waals surface area (Å²) in [7, 11) is 1.96. The maximum atomic E-state index is 10.7. The van der Waals surface area contributed by atoms with Gasteiger partial charge in [-0.3, -0.25) is 0 Å². The summed E-state index contributed by atoms with van der Waals surface area (Å²) in [4.78, 5) is 11.5. The molecule has 3 aromatic heterocycles. The van der Waals surface area contributed by atoms with Crippen molar-refractivity contribution in [3.63, 3.8) is 0 Å². The molecule has 4 heterocycles. The third-order valence-corrected chi connectivity index (χ3v) is 6.03. The molecule has 0 bridgehead atoms. The van der Waals surface area contributed by atoms with Crippen LogP contribution in [0.5, 0.6) is 0 Å². The van der Waals surface area contributed by atoms with Crippen LogP contribution in [0.15, 0.2) is 18.5 Å². The first-order valence-corrected chi connectivity index (χ1v) is 11.0. The van der Waals surface area contributed by atoms with E-state index in [0.717, 1.165) is 53.8 Å². The Balaban J connectivity index is 1.57. The second kappa shape index (κ2) is 8.73. The zero-order valence-electron chi connectivity index (χ0n) is 18.5. The maximum absolute atomic E-state index is 10.7. The fraction of sp³-hybridized carbons (Fsp3) is 0.591. The SMILES string of the molecule is CCc1c(C)nc2cc(-c3nccn3C)nn2c1NCC(O)CN1CCCC(C)C1. The lowest BCUT2D eigenvalue weighted by Gasteiger charge is -2.32. The number of aliphatic hydroxyl groups excluding tert-OH is 1. The third-order valence-electron chi connectivity index (χ3n) is 6.03. The van der Waals surface area contributed by atoms with Crippen LogP contribution in [0.2, 0.25) is 0 Å². The van der Waals surface area contributed by atoms with E-state index in [0.29, 0.717) is 19.0 Å². The van der Waals surface area contributed by atoms with E-state index in [4.69, 9.17) is 10.1 Å². The van der Waals surface area contributed by atoms with E-state index in [2.05, 4.69) is 29.0 Å². The molecule has 2 atom stereocenters. The molecule has 1 saturated heterocycles. The highest BCUT2D eigenvalue weighted by Gasteiger charge is 2.20. The van der Waals surface area contributed by atoms with Crippen LogP contribution in [0.4, 0.5) is 5.82 Å². The number of nitrogens with one attached hydrogen (secondary N) is 1. The molecular formula is C22H33N7O. The smallest absolute Gasteiger partial charge is 0.160 e. The summed E-state index contributed by atoms with van der Waals surface area (Å²) in [6.07, 6.45) is 6.59. The Labute approximate surface area is 177 Å². The van der Waals surface area contributed by atoms with Gasteiger partial charge in [0, 0.05) is 56.4 Å². The van der Waals surface area contributed by atoms with Gasteiger partial charge in [-0.05, 0) is 38.6 Å². The average Bonchev–Trinajstić information content (AvgIpc) is 3.31. The minimum Gasteiger partial charge on any atom is -0.390 e. The number of nitrogens with zero attached hydrogens (tertiary/aromatic N) is 6. The van der Waals surface area contributed by atoms with Crippen LogP contribution in [0.1, 0.15) is 37.9 Å². The first-order chi connectivity index (χ1) is 14.5.